The number of rotatable bonds is 5. The Morgan fingerprint density at radius 2 is 1.82 bits per heavy atom. The van der Waals surface area contributed by atoms with Crippen LogP contribution in [0.1, 0.15) is 36.9 Å². The molecule has 3 aromatic rings. The summed E-state index contributed by atoms with van der Waals surface area (Å²) in [7, 11) is 1.81. The molecule has 33 heavy (non-hydrogen) atoms. The molecule has 1 atom stereocenters. The predicted molar refractivity (Wildman–Crippen MR) is 117 cm³/mol. The average molecular weight is 458 g/mol. The lowest BCUT2D eigenvalue weighted by Crippen LogP contribution is -2.42. The molecule has 7 nitrogen and oxygen atoms in total. The van der Waals surface area contributed by atoms with Gasteiger partial charge in [0, 0.05) is 32.3 Å². The number of amides is 1. The van der Waals surface area contributed by atoms with E-state index in [1.807, 2.05) is 43.1 Å². The van der Waals surface area contributed by atoms with E-state index in [4.69, 9.17) is 0 Å². The Labute approximate surface area is 189 Å². The summed E-state index contributed by atoms with van der Waals surface area (Å²) >= 11 is 0. The maximum absolute atomic E-state index is 13.1. The Balaban J connectivity index is 1.34. The van der Waals surface area contributed by atoms with Crippen LogP contribution < -0.4 is 4.90 Å². The SMILES string of the molecule is C[C@@H](c1ccc(-n2cncn2)cc1)N(C)C(=O)C1CCN(c2ccc(C(F)(F)F)cn2)CC1. The molecule has 3 heterocycles. The molecular formula is C23H25F3N6O. The number of nitrogens with zero attached hydrogens (tertiary/aromatic N) is 6. The molecule has 10 heteroatoms. The van der Waals surface area contributed by atoms with Crippen molar-refractivity contribution in [2.45, 2.75) is 32.0 Å². The Kier molecular flexibility index (Phi) is 6.35. The molecule has 0 bridgehead atoms. The molecule has 0 N–H and O–H groups in total. The van der Waals surface area contributed by atoms with Gasteiger partial charge in [0.15, 0.2) is 0 Å². The van der Waals surface area contributed by atoms with Crippen LogP contribution in [0.2, 0.25) is 0 Å². The van der Waals surface area contributed by atoms with Gasteiger partial charge in [0.05, 0.1) is 17.3 Å². The Bertz CT molecular complexity index is 1060. The van der Waals surface area contributed by atoms with Crippen molar-refractivity contribution < 1.29 is 18.0 Å². The van der Waals surface area contributed by atoms with Gasteiger partial charge in [-0.2, -0.15) is 18.3 Å². The number of carbonyl (C=O) groups excluding carboxylic acids is 1. The second kappa shape index (κ2) is 9.21. The first kappa shape index (κ1) is 22.8. The van der Waals surface area contributed by atoms with Gasteiger partial charge in [-0.15, -0.1) is 0 Å². The maximum Gasteiger partial charge on any atom is 0.417 e. The van der Waals surface area contributed by atoms with Crippen molar-refractivity contribution in [2.24, 2.45) is 5.92 Å². The number of anilines is 1. The number of benzene rings is 1. The minimum Gasteiger partial charge on any atom is -0.357 e. The number of hydrogen-bond donors (Lipinski definition) is 0. The largest absolute Gasteiger partial charge is 0.417 e. The van der Waals surface area contributed by atoms with Gasteiger partial charge < -0.3 is 9.80 Å². The highest BCUT2D eigenvalue weighted by atomic mass is 19.4. The van der Waals surface area contributed by atoms with E-state index >= 15 is 0 Å². The van der Waals surface area contributed by atoms with Gasteiger partial charge in [0.25, 0.3) is 0 Å². The van der Waals surface area contributed by atoms with Gasteiger partial charge in [-0.05, 0) is 49.6 Å². The Hall–Kier alpha value is -3.43. The first-order valence-electron chi connectivity index (χ1n) is 10.7. The molecule has 1 aromatic carbocycles. The third-order valence-electron chi connectivity index (χ3n) is 6.23. The Morgan fingerprint density at radius 3 is 2.36 bits per heavy atom. The van der Waals surface area contributed by atoms with Crippen LogP contribution in [0, 0.1) is 5.92 Å². The van der Waals surface area contributed by atoms with Gasteiger partial charge in [-0.3, -0.25) is 4.79 Å². The highest BCUT2D eigenvalue weighted by molar-refractivity contribution is 5.79. The number of carbonyl (C=O) groups is 1. The van der Waals surface area contributed by atoms with Crippen LogP contribution in [-0.2, 0) is 11.0 Å². The van der Waals surface area contributed by atoms with E-state index < -0.39 is 11.7 Å². The molecule has 0 unspecified atom stereocenters. The Morgan fingerprint density at radius 1 is 1.12 bits per heavy atom. The van der Waals surface area contributed by atoms with Crippen molar-refractivity contribution in [3.63, 3.8) is 0 Å². The maximum atomic E-state index is 13.1. The molecule has 0 saturated carbocycles. The summed E-state index contributed by atoms with van der Waals surface area (Å²) in [5, 5.41) is 4.11. The lowest BCUT2D eigenvalue weighted by Gasteiger charge is -2.35. The van der Waals surface area contributed by atoms with Crippen molar-refractivity contribution in [1.82, 2.24) is 24.6 Å². The van der Waals surface area contributed by atoms with Crippen LogP contribution in [0.4, 0.5) is 19.0 Å². The fourth-order valence-corrected chi connectivity index (χ4v) is 4.05. The molecule has 4 rings (SSSR count). The van der Waals surface area contributed by atoms with E-state index in [9.17, 15) is 18.0 Å². The van der Waals surface area contributed by atoms with Gasteiger partial charge in [0.2, 0.25) is 5.91 Å². The molecule has 0 spiro atoms. The molecule has 1 aliphatic rings. The molecular weight excluding hydrogens is 433 g/mol. The minimum atomic E-state index is -4.40. The minimum absolute atomic E-state index is 0.0721. The van der Waals surface area contributed by atoms with Gasteiger partial charge in [0.1, 0.15) is 18.5 Å². The van der Waals surface area contributed by atoms with Crippen LogP contribution >= 0.6 is 0 Å². The third-order valence-corrected chi connectivity index (χ3v) is 6.23. The van der Waals surface area contributed by atoms with Gasteiger partial charge in [-0.1, -0.05) is 12.1 Å². The van der Waals surface area contributed by atoms with E-state index in [1.54, 1.807) is 15.9 Å². The van der Waals surface area contributed by atoms with Crippen LogP contribution in [0.25, 0.3) is 5.69 Å². The lowest BCUT2D eigenvalue weighted by atomic mass is 9.94. The summed E-state index contributed by atoms with van der Waals surface area (Å²) in [5.41, 5.74) is 1.14. The summed E-state index contributed by atoms with van der Waals surface area (Å²) in [6.45, 7) is 3.14. The summed E-state index contributed by atoms with van der Waals surface area (Å²) in [5.74, 6) is 0.448. The van der Waals surface area contributed by atoms with Crippen molar-refractivity contribution in [1.29, 1.82) is 0 Å². The fourth-order valence-electron chi connectivity index (χ4n) is 4.05. The summed E-state index contributed by atoms with van der Waals surface area (Å²) in [4.78, 5) is 24.7. The second-order valence-electron chi connectivity index (χ2n) is 8.22. The highest BCUT2D eigenvalue weighted by Crippen LogP contribution is 2.31. The molecule has 0 radical (unpaired) electrons. The van der Waals surface area contributed by atoms with E-state index in [0.717, 1.165) is 23.5 Å². The normalized spacial score (nSPS) is 16.0. The van der Waals surface area contributed by atoms with Crippen LogP contribution in [-0.4, -0.2) is 50.7 Å². The number of alkyl halides is 3. The first-order valence-corrected chi connectivity index (χ1v) is 10.7. The molecule has 2 aromatic heterocycles. The first-order chi connectivity index (χ1) is 15.7. The smallest absolute Gasteiger partial charge is 0.357 e. The molecule has 1 amide bonds. The number of aromatic nitrogens is 4. The zero-order valence-corrected chi connectivity index (χ0v) is 18.4. The number of pyridine rings is 1. The molecule has 1 aliphatic heterocycles. The molecule has 1 saturated heterocycles. The van der Waals surface area contributed by atoms with Crippen molar-refractivity contribution in [2.75, 3.05) is 25.0 Å². The fraction of sp³-hybridized carbons (Fsp3) is 0.391. The van der Waals surface area contributed by atoms with Gasteiger partial charge in [-0.25, -0.2) is 14.6 Å². The van der Waals surface area contributed by atoms with E-state index in [0.29, 0.717) is 31.7 Å². The average Bonchev–Trinajstić information content (AvgIpc) is 3.37. The van der Waals surface area contributed by atoms with E-state index in [2.05, 4.69) is 15.1 Å². The summed E-state index contributed by atoms with van der Waals surface area (Å²) < 4.78 is 39.9. The third kappa shape index (κ3) is 4.99. The standard InChI is InChI=1S/C23H25F3N6O/c1-16(17-3-6-20(7-4-17)32-15-27-14-29-32)30(2)22(33)18-9-11-31(12-10-18)21-8-5-19(13-28-21)23(24,25)26/h3-8,13-16,18H,9-12H2,1-2H3/t16-/m0/s1. The quantitative estimate of drug-likeness (QED) is 0.576. The van der Waals surface area contributed by atoms with Gasteiger partial charge >= 0.3 is 6.18 Å². The zero-order valence-electron chi connectivity index (χ0n) is 18.4. The van der Waals surface area contributed by atoms with Crippen molar-refractivity contribution in [3.8, 4) is 5.69 Å². The second-order valence-corrected chi connectivity index (χ2v) is 8.22. The topological polar surface area (TPSA) is 67.2 Å². The monoisotopic (exact) mass is 458 g/mol. The number of halogens is 3. The predicted octanol–water partition coefficient (Wildman–Crippen LogP) is 4.12. The van der Waals surface area contributed by atoms with Crippen LogP contribution in [0.3, 0.4) is 0 Å². The van der Waals surface area contributed by atoms with E-state index in [-0.39, 0.29) is 17.9 Å². The van der Waals surface area contributed by atoms with Crippen molar-refractivity contribution in [3.05, 3.63) is 66.4 Å². The van der Waals surface area contributed by atoms with E-state index in [1.165, 1.54) is 12.4 Å². The lowest BCUT2D eigenvalue weighted by molar-refractivity contribution is -0.138. The van der Waals surface area contributed by atoms with Crippen LogP contribution in [0.15, 0.2) is 55.2 Å². The molecule has 0 aliphatic carbocycles. The van der Waals surface area contributed by atoms with Crippen molar-refractivity contribution >= 4 is 11.7 Å². The number of hydrogen-bond acceptors (Lipinski definition) is 5. The summed E-state index contributed by atoms with van der Waals surface area (Å²) in [6, 6.07) is 10.2. The summed E-state index contributed by atoms with van der Waals surface area (Å²) in [6.07, 6.45) is 0.815. The van der Waals surface area contributed by atoms with Crippen LogP contribution in [0.5, 0.6) is 0 Å². The zero-order chi connectivity index (χ0) is 23.6. The molecule has 1 fully saturated rings. The molecule has 174 valence electrons. The number of piperidine rings is 1. The highest BCUT2D eigenvalue weighted by Gasteiger charge is 2.32.